The third-order valence-electron chi connectivity index (χ3n) is 4.45. The maximum atomic E-state index is 12.2. The largest absolute Gasteiger partial charge is 0.352 e. The standard InChI is InChI=1S/C16H22N2O/c1-11-2-3-12(6-11)8-18-16(19)13-4-5-14-9-17-10-15(14)7-13/h4-5,7,11-12,17H,2-3,6,8-10H2,1H3,(H,18,19). The molecule has 1 heterocycles. The minimum Gasteiger partial charge on any atom is -0.352 e. The molecule has 0 bridgehead atoms. The van der Waals surface area contributed by atoms with Crippen molar-refractivity contribution in [3.05, 3.63) is 34.9 Å². The second kappa shape index (κ2) is 5.33. The lowest BCUT2D eigenvalue weighted by Gasteiger charge is -2.11. The smallest absolute Gasteiger partial charge is 0.251 e. The van der Waals surface area contributed by atoms with E-state index in [9.17, 15) is 4.79 Å². The van der Waals surface area contributed by atoms with Crippen LogP contribution >= 0.6 is 0 Å². The summed E-state index contributed by atoms with van der Waals surface area (Å²) in [5.74, 6) is 1.58. The van der Waals surface area contributed by atoms with Crippen molar-refractivity contribution in [3.8, 4) is 0 Å². The SMILES string of the molecule is CC1CCC(CNC(=O)c2ccc3c(c2)CNC3)C1. The Morgan fingerprint density at radius 2 is 2.16 bits per heavy atom. The van der Waals surface area contributed by atoms with Gasteiger partial charge < -0.3 is 10.6 Å². The van der Waals surface area contributed by atoms with Gasteiger partial charge in [-0.2, -0.15) is 0 Å². The number of amides is 1. The molecule has 2 aliphatic rings. The Morgan fingerprint density at radius 3 is 2.95 bits per heavy atom. The summed E-state index contributed by atoms with van der Waals surface area (Å²) in [7, 11) is 0. The van der Waals surface area contributed by atoms with Crippen LogP contribution in [0.2, 0.25) is 0 Å². The Hall–Kier alpha value is -1.35. The van der Waals surface area contributed by atoms with Gasteiger partial charge in [0.15, 0.2) is 0 Å². The maximum Gasteiger partial charge on any atom is 0.251 e. The van der Waals surface area contributed by atoms with E-state index >= 15 is 0 Å². The first-order valence-electron chi connectivity index (χ1n) is 7.33. The third kappa shape index (κ3) is 2.81. The number of rotatable bonds is 3. The quantitative estimate of drug-likeness (QED) is 0.874. The summed E-state index contributed by atoms with van der Waals surface area (Å²) >= 11 is 0. The molecule has 0 aromatic heterocycles. The van der Waals surface area contributed by atoms with Crippen molar-refractivity contribution in [2.45, 2.75) is 39.3 Å². The summed E-state index contributed by atoms with van der Waals surface area (Å²) in [6, 6.07) is 6.04. The zero-order chi connectivity index (χ0) is 13.2. The maximum absolute atomic E-state index is 12.2. The van der Waals surface area contributed by atoms with Crippen LogP contribution in [0.25, 0.3) is 0 Å². The fourth-order valence-corrected chi connectivity index (χ4v) is 3.29. The molecule has 0 radical (unpaired) electrons. The predicted octanol–water partition coefficient (Wildman–Crippen LogP) is 2.46. The molecule has 19 heavy (non-hydrogen) atoms. The Bertz CT molecular complexity index is 484. The van der Waals surface area contributed by atoms with E-state index in [2.05, 4.69) is 23.6 Å². The van der Waals surface area contributed by atoms with Crippen LogP contribution in [0.5, 0.6) is 0 Å². The van der Waals surface area contributed by atoms with Gasteiger partial charge in [-0.05, 0) is 47.9 Å². The predicted molar refractivity (Wildman–Crippen MR) is 75.8 cm³/mol. The van der Waals surface area contributed by atoms with Gasteiger partial charge in [0.2, 0.25) is 0 Å². The highest BCUT2D eigenvalue weighted by atomic mass is 16.1. The van der Waals surface area contributed by atoms with Crippen LogP contribution in [-0.2, 0) is 13.1 Å². The molecule has 1 aromatic rings. The molecule has 3 heteroatoms. The Morgan fingerprint density at radius 1 is 1.32 bits per heavy atom. The van der Waals surface area contributed by atoms with Gasteiger partial charge in [-0.25, -0.2) is 0 Å². The number of benzene rings is 1. The highest BCUT2D eigenvalue weighted by molar-refractivity contribution is 5.94. The monoisotopic (exact) mass is 258 g/mol. The summed E-state index contributed by atoms with van der Waals surface area (Å²) < 4.78 is 0. The fourth-order valence-electron chi connectivity index (χ4n) is 3.29. The first-order valence-corrected chi connectivity index (χ1v) is 7.33. The van der Waals surface area contributed by atoms with Gasteiger partial charge in [-0.15, -0.1) is 0 Å². The van der Waals surface area contributed by atoms with E-state index in [4.69, 9.17) is 0 Å². The molecule has 3 rings (SSSR count). The van der Waals surface area contributed by atoms with Gasteiger partial charge in [-0.3, -0.25) is 4.79 Å². The lowest BCUT2D eigenvalue weighted by Crippen LogP contribution is -2.28. The van der Waals surface area contributed by atoms with Gasteiger partial charge >= 0.3 is 0 Å². The summed E-state index contributed by atoms with van der Waals surface area (Å²) in [4.78, 5) is 12.2. The average molecular weight is 258 g/mol. The van der Waals surface area contributed by atoms with Crippen LogP contribution in [0.1, 0.15) is 47.7 Å². The Balaban J connectivity index is 1.58. The number of hydrogen-bond donors (Lipinski definition) is 2. The van der Waals surface area contributed by atoms with E-state index in [-0.39, 0.29) is 5.91 Å². The molecule has 2 atom stereocenters. The summed E-state index contributed by atoms with van der Waals surface area (Å²) in [5, 5.41) is 6.40. The van der Waals surface area contributed by atoms with Crippen LogP contribution in [0.15, 0.2) is 18.2 Å². The lowest BCUT2D eigenvalue weighted by atomic mass is 10.0. The molecule has 102 valence electrons. The van der Waals surface area contributed by atoms with Crippen molar-refractivity contribution < 1.29 is 4.79 Å². The van der Waals surface area contributed by atoms with E-state index in [1.807, 2.05) is 12.1 Å². The Labute approximate surface area is 114 Å². The molecule has 1 saturated carbocycles. The number of nitrogens with one attached hydrogen (secondary N) is 2. The second-order valence-corrected chi connectivity index (χ2v) is 6.08. The molecular weight excluding hydrogens is 236 g/mol. The van der Waals surface area contributed by atoms with Crippen LogP contribution in [-0.4, -0.2) is 12.5 Å². The number of fused-ring (bicyclic) bond motifs is 1. The second-order valence-electron chi connectivity index (χ2n) is 6.08. The first kappa shape index (κ1) is 12.7. The van der Waals surface area contributed by atoms with Crippen LogP contribution < -0.4 is 10.6 Å². The van der Waals surface area contributed by atoms with E-state index in [1.54, 1.807) is 0 Å². The molecule has 1 aliphatic carbocycles. The van der Waals surface area contributed by atoms with Crippen LogP contribution in [0.4, 0.5) is 0 Å². The molecule has 1 amide bonds. The highest BCUT2D eigenvalue weighted by Gasteiger charge is 2.22. The van der Waals surface area contributed by atoms with E-state index in [1.165, 1.54) is 30.4 Å². The van der Waals surface area contributed by atoms with E-state index < -0.39 is 0 Å². The zero-order valence-corrected chi connectivity index (χ0v) is 11.5. The highest BCUT2D eigenvalue weighted by Crippen LogP contribution is 2.29. The zero-order valence-electron chi connectivity index (χ0n) is 11.5. The molecule has 0 saturated heterocycles. The van der Waals surface area contributed by atoms with Crippen molar-refractivity contribution in [2.24, 2.45) is 11.8 Å². The number of hydrogen-bond acceptors (Lipinski definition) is 2. The van der Waals surface area contributed by atoms with Crippen molar-refractivity contribution in [2.75, 3.05) is 6.54 Å². The molecule has 2 N–H and O–H groups in total. The average Bonchev–Trinajstić information content (AvgIpc) is 3.03. The van der Waals surface area contributed by atoms with Gasteiger partial charge in [0, 0.05) is 25.2 Å². The normalized spacial score (nSPS) is 25.3. The molecular formula is C16H22N2O. The van der Waals surface area contributed by atoms with Gasteiger partial charge in [0.1, 0.15) is 0 Å². The summed E-state index contributed by atoms with van der Waals surface area (Å²) in [5.41, 5.74) is 3.39. The van der Waals surface area contributed by atoms with Crippen LogP contribution in [0.3, 0.4) is 0 Å². The minimum atomic E-state index is 0.0780. The van der Waals surface area contributed by atoms with Crippen LogP contribution in [0, 0.1) is 11.8 Å². The fraction of sp³-hybridized carbons (Fsp3) is 0.562. The van der Waals surface area contributed by atoms with E-state index in [0.29, 0.717) is 5.92 Å². The van der Waals surface area contributed by atoms with Crippen molar-refractivity contribution in [1.29, 1.82) is 0 Å². The first-order chi connectivity index (χ1) is 9.22. The molecule has 0 spiro atoms. The Kier molecular flexibility index (Phi) is 3.56. The topological polar surface area (TPSA) is 41.1 Å². The molecule has 3 nitrogen and oxygen atoms in total. The third-order valence-corrected chi connectivity index (χ3v) is 4.45. The number of carbonyl (C=O) groups is 1. The molecule has 1 aliphatic heterocycles. The summed E-state index contributed by atoms with van der Waals surface area (Å²) in [6.45, 7) is 4.95. The van der Waals surface area contributed by atoms with Gasteiger partial charge in [0.05, 0.1) is 0 Å². The van der Waals surface area contributed by atoms with Gasteiger partial charge in [0.25, 0.3) is 5.91 Å². The lowest BCUT2D eigenvalue weighted by molar-refractivity contribution is 0.0947. The number of carbonyl (C=O) groups excluding carboxylic acids is 1. The van der Waals surface area contributed by atoms with E-state index in [0.717, 1.165) is 31.1 Å². The van der Waals surface area contributed by atoms with Gasteiger partial charge in [-0.1, -0.05) is 19.4 Å². The van der Waals surface area contributed by atoms with Crippen molar-refractivity contribution >= 4 is 5.91 Å². The molecule has 2 unspecified atom stereocenters. The minimum absolute atomic E-state index is 0.0780. The van der Waals surface area contributed by atoms with Crippen molar-refractivity contribution in [1.82, 2.24) is 10.6 Å². The molecule has 1 fully saturated rings. The van der Waals surface area contributed by atoms with Crippen molar-refractivity contribution in [3.63, 3.8) is 0 Å². The summed E-state index contributed by atoms with van der Waals surface area (Å²) in [6.07, 6.45) is 3.83. The molecule has 1 aromatic carbocycles.